The molecule has 0 fully saturated rings. The molecular weight excluding hydrogens is 451 g/mol. The summed E-state index contributed by atoms with van der Waals surface area (Å²) >= 11 is 13.3. The van der Waals surface area contributed by atoms with Crippen LogP contribution in [-0.2, 0) is 0 Å². The summed E-state index contributed by atoms with van der Waals surface area (Å²) in [7, 11) is 1.58. The van der Waals surface area contributed by atoms with Crippen LogP contribution in [0.5, 0.6) is 5.75 Å². The van der Waals surface area contributed by atoms with E-state index < -0.39 is 4.92 Å². The number of thiazole rings is 1. The van der Waals surface area contributed by atoms with E-state index in [-0.39, 0.29) is 17.3 Å². The van der Waals surface area contributed by atoms with Crippen LogP contribution in [0.15, 0.2) is 42.7 Å². The summed E-state index contributed by atoms with van der Waals surface area (Å²) in [6, 6.07) is 10.1. The Labute approximate surface area is 183 Å². The Balaban J connectivity index is 1.70. The number of halogens is 2. The van der Waals surface area contributed by atoms with E-state index in [1.54, 1.807) is 37.4 Å². The fourth-order valence-electron chi connectivity index (χ4n) is 2.68. The minimum absolute atomic E-state index is 0.00311. The fourth-order valence-corrected chi connectivity index (χ4v) is 4.10. The molecule has 0 aliphatic rings. The Morgan fingerprint density at radius 1 is 1.07 bits per heavy atom. The van der Waals surface area contributed by atoms with Crippen molar-refractivity contribution in [1.82, 2.24) is 15.0 Å². The molecule has 0 atom stereocenters. The molecule has 12 heteroatoms. The average Bonchev–Trinajstić information content (AvgIpc) is 3.08. The molecule has 4 rings (SSSR count). The monoisotopic (exact) mass is 462 g/mol. The highest BCUT2D eigenvalue weighted by Crippen LogP contribution is 2.36. The first-order valence-corrected chi connectivity index (χ1v) is 9.94. The zero-order valence-electron chi connectivity index (χ0n) is 15.2. The summed E-state index contributed by atoms with van der Waals surface area (Å²) in [5, 5.41) is 18.8. The second-order valence-corrected chi connectivity index (χ2v) is 7.84. The van der Waals surface area contributed by atoms with E-state index in [0.717, 1.165) is 10.2 Å². The second kappa shape index (κ2) is 8.27. The predicted octanol–water partition coefficient (Wildman–Crippen LogP) is 5.80. The normalized spacial score (nSPS) is 10.8. The molecule has 9 nitrogen and oxygen atoms in total. The standard InChI is InChI=1S/C18H12Cl2N6O3S/c1-29-12-2-3-13-14(7-12)30-18(24-13)25-17-15(26(27)28)16(21-8-22-17)23-11-5-9(19)4-10(20)6-11/h2-8H,1H3,(H2,21,22,23,24,25). The third kappa shape index (κ3) is 4.20. The Morgan fingerprint density at radius 3 is 2.43 bits per heavy atom. The van der Waals surface area contributed by atoms with Crippen LogP contribution in [0.4, 0.5) is 28.1 Å². The SMILES string of the molecule is COc1ccc2nc(Nc3ncnc(Nc4cc(Cl)cc(Cl)c4)c3[N+](=O)[O-])sc2c1. The van der Waals surface area contributed by atoms with Gasteiger partial charge in [0.05, 0.1) is 22.2 Å². The maximum atomic E-state index is 11.8. The van der Waals surface area contributed by atoms with Crippen molar-refractivity contribution in [3.63, 3.8) is 0 Å². The van der Waals surface area contributed by atoms with Crippen molar-refractivity contribution < 1.29 is 9.66 Å². The van der Waals surface area contributed by atoms with Crippen LogP contribution in [0, 0.1) is 10.1 Å². The molecule has 4 aromatic rings. The van der Waals surface area contributed by atoms with Gasteiger partial charge in [0.2, 0.25) is 11.6 Å². The van der Waals surface area contributed by atoms with Gasteiger partial charge in [-0.25, -0.2) is 15.0 Å². The number of ether oxygens (including phenoxy) is 1. The maximum absolute atomic E-state index is 11.8. The molecule has 0 unspecified atom stereocenters. The van der Waals surface area contributed by atoms with Crippen molar-refractivity contribution in [2.75, 3.05) is 17.7 Å². The van der Waals surface area contributed by atoms with Crippen LogP contribution >= 0.6 is 34.5 Å². The number of benzene rings is 2. The largest absolute Gasteiger partial charge is 0.497 e. The van der Waals surface area contributed by atoms with E-state index in [0.29, 0.717) is 26.6 Å². The molecule has 0 aliphatic carbocycles. The van der Waals surface area contributed by atoms with E-state index in [1.807, 2.05) is 6.07 Å². The summed E-state index contributed by atoms with van der Waals surface area (Å²) in [5.74, 6) is 0.674. The molecule has 0 bridgehead atoms. The van der Waals surface area contributed by atoms with Crippen molar-refractivity contribution in [2.24, 2.45) is 0 Å². The maximum Gasteiger partial charge on any atom is 0.353 e. The number of nitrogens with one attached hydrogen (secondary N) is 2. The van der Waals surface area contributed by atoms with Gasteiger partial charge in [-0.05, 0) is 36.4 Å². The van der Waals surface area contributed by atoms with Crippen LogP contribution in [-0.4, -0.2) is 27.0 Å². The van der Waals surface area contributed by atoms with Gasteiger partial charge in [-0.3, -0.25) is 10.1 Å². The zero-order valence-corrected chi connectivity index (χ0v) is 17.5. The molecule has 2 N–H and O–H groups in total. The van der Waals surface area contributed by atoms with Gasteiger partial charge >= 0.3 is 5.69 Å². The lowest BCUT2D eigenvalue weighted by atomic mass is 10.3. The first-order chi connectivity index (χ1) is 14.4. The number of anilines is 4. The van der Waals surface area contributed by atoms with Gasteiger partial charge < -0.3 is 15.4 Å². The summed E-state index contributed by atoms with van der Waals surface area (Å²) in [6.07, 6.45) is 1.21. The molecule has 0 spiro atoms. The molecule has 2 heterocycles. The smallest absolute Gasteiger partial charge is 0.353 e. The number of aromatic nitrogens is 3. The highest BCUT2D eigenvalue weighted by molar-refractivity contribution is 7.22. The third-order valence-electron chi connectivity index (χ3n) is 3.95. The fraction of sp³-hybridized carbons (Fsp3) is 0.0556. The van der Waals surface area contributed by atoms with Crippen molar-refractivity contribution in [2.45, 2.75) is 0 Å². The molecule has 152 valence electrons. The molecule has 0 aliphatic heterocycles. The number of methoxy groups -OCH3 is 1. The lowest BCUT2D eigenvalue weighted by Gasteiger charge is -2.09. The van der Waals surface area contributed by atoms with Gasteiger partial charge in [0, 0.05) is 15.7 Å². The van der Waals surface area contributed by atoms with Gasteiger partial charge in [0.1, 0.15) is 12.1 Å². The molecule has 30 heavy (non-hydrogen) atoms. The Bertz CT molecular complexity index is 1250. The van der Waals surface area contributed by atoms with Crippen LogP contribution in [0.25, 0.3) is 10.2 Å². The van der Waals surface area contributed by atoms with Crippen LogP contribution in [0.3, 0.4) is 0 Å². The van der Waals surface area contributed by atoms with Crippen molar-refractivity contribution in [1.29, 1.82) is 0 Å². The highest BCUT2D eigenvalue weighted by atomic mass is 35.5. The Morgan fingerprint density at radius 2 is 1.77 bits per heavy atom. The molecule has 2 aromatic carbocycles. The third-order valence-corrected chi connectivity index (χ3v) is 5.32. The molecule has 0 saturated heterocycles. The van der Waals surface area contributed by atoms with Crippen molar-refractivity contribution in [3.8, 4) is 5.75 Å². The topological polar surface area (TPSA) is 115 Å². The Hall–Kier alpha value is -3.21. The van der Waals surface area contributed by atoms with Gasteiger partial charge in [-0.1, -0.05) is 34.5 Å². The molecule has 0 saturated carbocycles. The van der Waals surface area contributed by atoms with Crippen LogP contribution < -0.4 is 15.4 Å². The van der Waals surface area contributed by atoms with E-state index >= 15 is 0 Å². The molecule has 0 radical (unpaired) electrons. The summed E-state index contributed by atoms with van der Waals surface area (Å²) in [4.78, 5) is 23.7. The second-order valence-electron chi connectivity index (χ2n) is 5.94. The molecule has 0 amide bonds. The number of rotatable bonds is 6. The van der Waals surface area contributed by atoms with E-state index in [4.69, 9.17) is 27.9 Å². The van der Waals surface area contributed by atoms with E-state index in [2.05, 4.69) is 25.6 Å². The van der Waals surface area contributed by atoms with E-state index in [1.165, 1.54) is 17.7 Å². The van der Waals surface area contributed by atoms with E-state index in [9.17, 15) is 10.1 Å². The molecular formula is C18H12Cl2N6O3S. The minimum atomic E-state index is -0.576. The number of fused-ring (bicyclic) bond motifs is 1. The van der Waals surface area contributed by atoms with Gasteiger partial charge in [0.25, 0.3) is 0 Å². The highest BCUT2D eigenvalue weighted by Gasteiger charge is 2.24. The van der Waals surface area contributed by atoms with Gasteiger partial charge in [-0.2, -0.15) is 0 Å². The number of hydrogen-bond acceptors (Lipinski definition) is 9. The summed E-state index contributed by atoms with van der Waals surface area (Å²) < 4.78 is 6.07. The first kappa shape index (κ1) is 20.1. The Kier molecular flexibility index (Phi) is 5.53. The number of nitro groups is 1. The van der Waals surface area contributed by atoms with Crippen molar-refractivity contribution in [3.05, 3.63) is 62.9 Å². The lowest BCUT2D eigenvalue weighted by molar-refractivity contribution is -0.383. The number of hydrogen-bond donors (Lipinski definition) is 2. The quantitative estimate of drug-likeness (QED) is 0.272. The van der Waals surface area contributed by atoms with Gasteiger partial charge in [-0.15, -0.1) is 0 Å². The number of nitrogens with zero attached hydrogens (tertiary/aromatic N) is 4. The molecule has 2 aromatic heterocycles. The predicted molar refractivity (Wildman–Crippen MR) is 118 cm³/mol. The summed E-state index contributed by atoms with van der Waals surface area (Å²) in [6.45, 7) is 0. The zero-order chi connectivity index (χ0) is 21.3. The minimum Gasteiger partial charge on any atom is -0.497 e. The van der Waals surface area contributed by atoms with Crippen LogP contribution in [0.1, 0.15) is 0 Å². The van der Waals surface area contributed by atoms with Gasteiger partial charge in [0.15, 0.2) is 5.13 Å². The van der Waals surface area contributed by atoms with Crippen LogP contribution in [0.2, 0.25) is 10.0 Å². The average molecular weight is 463 g/mol. The lowest BCUT2D eigenvalue weighted by Crippen LogP contribution is -2.05. The first-order valence-electron chi connectivity index (χ1n) is 8.37. The summed E-state index contributed by atoms with van der Waals surface area (Å²) in [5.41, 5.74) is 0.838. The van der Waals surface area contributed by atoms with Crippen molar-refractivity contribution >= 4 is 72.9 Å².